The molecule has 53 heavy (non-hydrogen) atoms. The summed E-state index contributed by atoms with van der Waals surface area (Å²) in [4.78, 5) is 57.0. The van der Waals surface area contributed by atoms with Crippen LogP contribution in [0.5, 0.6) is 0 Å². The van der Waals surface area contributed by atoms with Crippen molar-refractivity contribution < 1.29 is 38.1 Å². The number of hydrogen-bond acceptors (Lipinski definition) is 8. The third-order valence-electron chi connectivity index (χ3n) is 8.77. The number of carbonyl (C=O) groups excluding carboxylic acids is 4. The number of rotatable bonds is 12. The van der Waals surface area contributed by atoms with Crippen molar-refractivity contribution in [2.75, 3.05) is 13.2 Å². The third-order valence-corrected chi connectivity index (χ3v) is 8.77. The lowest BCUT2D eigenvalue weighted by atomic mass is 9.88. The van der Waals surface area contributed by atoms with Crippen molar-refractivity contribution in [3.8, 4) is 11.1 Å². The molecular weight excluding hydrogens is 668 g/mol. The number of carbonyl (C=O) groups is 4. The van der Waals surface area contributed by atoms with Crippen molar-refractivity contribution in [2.45, 2.75) is 45.3 Å². The SMILES string of the molecule is C=CCOC(=O)c1cc(Cc2ccccc2)c(C(=O)OC(C)(C)C)c(C(=O)OCc2ccccc2)c1C(=O)OCC1c2ccccc2-c2ccccc21. The molecule has 5 aromatic carbocycles. The lowest BCUT2D eigenvalue weighted by Crippen LogP contribution is -2.29. The van der Waals surface area contributed by atoms with Gasteiger partial charge in [-0.3, -0.25) is 0 Å². The Labute approximate surface area is 309 Å². The van der Waals surface area contributed by atoms with E-state index in [1.807, 2.05) is 84.9 Å². The van der Waals surface area contributed by atoms with Gasteiger partial charge in [0.05, 0.1) is 22.3 Å². The first-order valence-corrected chi connectivity index (χ1v) is 17.4. The van der Waals surface area contributed by atoms with E-state index < -0.39 is 40.6 Å². The van der Waals surface area contributed by atoms with Crippen molar-refractivity contribution in [3.63, 3.8) is 0 Å². The van der Waals surface area contributed by atoms with E-state index in [1.54, 1.807) is 45.0 Å². The summed E-state index contributed by atoms with van der Waals surface area (Å²) < 4.78 is 23.1. The Balaban J connectivity index is 1.52. The molecule has 268 valence electrons. The van der Waals surface area contributed by atoms with Gasteiger partial charge in [0, 0.05) is 5.92 Å². The second-order valence-corrected chi connectivity index (χ2v) is 13.6. The van der Waals surface area contributed by atoms with E-state index in [-0.39, 0.29) is 48.8 Å². The number of esters is 4. The molecule has 0 aliphatic heterocycles. The van der Waals surface area contributed by atoms with Crippen LogP contribution in [0.25, 0.3) is 11.1 Å². The maximum absolute atomic E-state index is 14.5. The van der Waals surface area contributed by atoms with Crippen LogP contribution in [0.2, 0.25) is 0 Å². The molecule has 0 radical (unpaired) electrons. The van der Waals surface area contributed by atoms with E-state index in [0.29, 0.717) is 5.56 Å². The molecule has 5 aromatic rings. The fourth-order valence-corrected chi connectivity index (χ4v) is 6.51. The average Bonchev–Trinajstić information content (AvgIpc) is 3.48. The van der Waals surface area contributed by atoms with E-state index in [9.17, 15) is 19.2 Å². The normalized spacial score (nSPS) is 11.9. The topological polar surface area (TPSA) is 105 Å². The molecule has 0 aromatic heterocycles. The number of hydrogen-bond donors (Lipinski definition) is 0. The summed E-state index contributed by atoms with van der Waals surface area (Å²) in [6.45, 7) is 8.28. The summed E-state index contributed by atoms with van der Waals surface area (Å²) in [6.07, 6.45) is 1.50. The second kappa shape index (κ2) is 15.9. The summed E-state index contributed by atoms with van der Waals surface area (Å²) in [5.41, 5.74) is 3.40. The molecule has 1 aliphatic rings. The molecule has 0 saturated carbocycles. The molecule has 8 nitrogen and oxygen atoms in total. The minimum Gasteiger partial charge on any atom is -0.461 e. The van der Waals surface area contributed by atoms with Gasteiger partial charge >= 0.3 is 23.9 Å². The van der Waals surface area contributed by atoms with Crippen LogP contribution in [0.3, 0.4) is 0 Å². The van der Waals surface area contributed by atoms with Crippen molar-refractivity contribution >= 4 is 23.9 Å². The van der Waals surface area contributed by atoms with Gasteiger partial charge in [0.15, 0.2) is 0 Å². The standard InChI is InChI=1S/C45H40O8/c1-5-24-50-41(46)36-26-31(25-29-16-8-6-9-17-29)38(44(49)53-45(2,3)4)40(43(48)51-27-30-18-10-7-11-19-30)39(36)42(47)52-28-37-34-22-14-12-20-32(34)33-21-13-15-23-35(33)37/h5-23,26,37H,1,24-25,27-28H2,2-4H3. The molecule has 8 heteroatoms. The van der Waals surface area contributed by atoms with Crippen LogP contribution < -0.4 is 0 Å². The summed E-state index contributed by atoms with van der Waals surface area (Å²) in [7, 11) is 0. The first-order chi connectivity index (χ1) is 25.6. The van der Waals surface area contributed by atoms with E-state index in [2.05, 4.69) is 6.58 Å². The molecule has 1 aliphatic carbocycles. The van der Waals surface area contributed by atoms with Gasteiger partial charge < -0.3 is 18.9 Å². The quantitative estimate of drug-likeness (QED) is 0.0719. The van der Waals surface area contributed by atoms with Crippen molar-refractivity contribution in [3.05, 3.63) is 178 Å². The summed E-state index contributed by atoms with van der Waals surface area (Å²) in [5, 5.41) is 0. The molecular formula is C45H40O8. The second-order valence-electron chi connectivity index (χ2n) is 13.6. The minimum absolute atomic E-state index is 0.111. The summed E-state index contributed by atoms with van der Waals surface area (Å²) >= 11 is 0. The summed E-state index contributed by atoms with van der Waals surface area (Å²) in [6, 6.07) is 35.4. The fraction of sp³-hybridized carbons (Fsp3) is 0.200. The predicted molar refractivity (Wildman–Crippen MR) is 201 cm³/mol. The molecule has 0 saturated heterocycles. The molecule has 0 atom stereocenters. The van der Waals surface area contributed by atoms with Crippen molar-refractivity contribution in [1.82, 2.24) is 0 Å². The molecule has 0 unspecified atom stereocenters. The Hall–Kier alpha value is -6.28. The maximum Gasteiger partial charge on any atom is 0.340 e. The van der Waals surface area contributed by atoms with Gasteiger partial charge in [-0.25, -0.2) is 19.2 Å². The lowest BCUT2D eigenvalue weighted by molar-refractivity contribution is 0.00619. The van der Waals surface area contributed by atoms with Crippen LogP contribution in [-0.4, -0.2) is 42.7 Å². The minimum atomic E-state index is -1.01. The van der Waals surface area contributed by atoms with Gasteiger partial charge in [-0.05, 0) is 72.2 Å². The van der Waals surface area contributed by atoms with Gasteiger partial charge in [0.2, 0.25) is 0 Å². The molecule has 0 N–H and O–H groups in total. The van der Waals surface area contributed by atoms with Crippen LogP contribution in [0.1, 0.15) is 95.9 Å². The zero-order chi connectivity index (χ0) is 37.5. The van der Waals surface area contributed by atoms with Gasteiger partial charge in [-0.15, -0.1) is 0 Å². The molecule has 0 fully saturated rings. The molecule has 0 amide bonds. The Morgan fingerprint density at radius 1 is 0.623 bits per heavy atom. The maximum atomic E-state index is 14.5. The molecule has 0 heterocycles. The fourth-order valence-electron chi connectivity index (χ4n) is 6.51. The highest BCUT2D eigenvalue weighted by Crippen LogP contribution is 2.44. The molecule has 6 rings (SSSR count). The smallest absolute Gasteiger partial charge is 0.340 e. The third kappa shape index (κ3) is 8.28. The Kier molecular flexibility index (Phi) is 11.0. The predicted octanol–water partition coefficient (Wildman–Crippen LogP) is 8.90. The number of fused-ring (bicyclic) bond motifs is 3. The lowest BCUT2D eigenvalue weighted by Gasteiger charge is -2.24. The van der Waals surface area contributed by atoms with E-state index >= 15 is 0 Å². The van der Waals surface area contributed by atoms with Crippen LogP contribution in [-0.2, 0) is 32.0 Å². The van der Waals surface area contributed by atoms with Crippen LogP contribution in [0, 0.1) is 0 Å². The van der Waals surface area contributed by atoms with Crippen LogP contribution in [0.4, 0.5) is 0 Å². The Bertz CT molecular complexity index is 2120. The molecule has 0 bridgehead atoms. The van der Waals surface area contributed by atoms with Crippen molar-refractivity contribution in [2.24, 2.45) is 0 Å². The van der Waals surface area contributed by atoms with Gasteiger partial charge in [0.25, 0.3) is 0 Å². The van der Waals surface area contributed by atoms with Crippen molar-refractivity contribution in [1.29, 1.82) is 0 Å². The largest absolute Gasteiger partial charge is 0.461 e. The van der Waals surface area contributed by atoms with Crippen LogP contribution in [0.15, 0.2) is 128 Å². The average molecular weight is 709 g/mol. The van der Waals surface area contributed by atoms with E-state index in [0.717, 1.165) is 27.8 Å². The first-order valence-electron chi connectivity index (χ1n) is 17.4. The zero-order valence-electron chi connectivity index (χ0n) is 29.9. The number of benzene rings is 5. The van der Waals surface area contributed by atoms with E-state index in [1.165, 1.54) is 12.1 Å². The van der Waals surface area contributed by atoms with Gasteiger partial charge in [0.1, 0.15) is 25.4 Å². The monoisotopic (exact) mass is 708 g/mol. The van der Waals surface area contributed by atoms with Crippen LogP contribution >= 0.6 is 0 Å². The highest BCUT2D eigenvalue weighted by molar-refractivity contribution is 6.16. The Morgan fingerprint density at radius 3 is 1.75 bits per heavy atom. The zero-order valence-corrected chi connectivity index (χ0v) is 29.9. The number of ether oxygens (including phenoxy) is 4. The van der Waals surface area contributed by atoms with Gasteiger partial charge in [-0.2, -0.15) is 0 Å². The first kappa shape index (κ1) is 36.5. The van der Waals surface area contributed by atoms with E-state index in [4.69, 9.17) is 18.9 Å². The highest BCUT2D eigenvalue weighted by Gasteiger charge is 2.37. The summed E-state index contributed by atoms with van der Waals surface area (Å²) in [5.74, 6) is -4.10. The Morgan fingerprint density at radius 2 is 1.17 bits per heavy atom. The highest BCUT2D eigenvalue weighted by atomic mass is 16.6. The van der Waals surface area contributed by atoms with Gasteiger partial charge in [-0.1, -0.05) is 122 Å². The molecule has 0 spiro atoms.